The zero-order chi connectivity index (χ0) is 13.8. The van der Waals surface area contributed by atoms with Crippen LogP contribution in [0.2, 0.25) is 0 Å². The first-order valence-electron chi connectivity index (χ1n) is 6.48. The molecule has 0 saturated heterocycles. The van der Waals surface area contributed by atoms with E-state index in [-0.39, 0.29) is 11.8 Å². The van der Waals surface area contributed by atoms with E-state index in [0.717, 1.165) is 23.5 Å². The Hall–Kier alpha value is -2.10. The molecule has 2 aromatic rings. The van der Waals surface area contributed by atoms with Crippen molar-refractivity contribution in [2.75, 3.05) is 5.32 Å². The fraction of sp³-hybridized carbons (Fsp3) is 0.333. The van der Waals surface area contributed by atoms with Gasteiger partial charge >= 0.3 is 0 Å². The number of nitrogens with zero attached hydrogens (tertiary/aromatic N) is 2. The largest absolute Gasteiger partial charge is 0.310 e. The molecule has 1 atom stereocenters. The van der Waals surface area contributed by atoms with E-state index in [1.54, 1.807) is 4.68 Å². The average Bonchev–Trinajstić information content (AvgIpc) is 2.70. The molecule has 0 aliphatic carbocycles. The molecule has 0 bridgehead atoms. The Morgan fingerprint density at radius 3 is 2.58 bits per heavy atom. The second-order valence-corrected chi connectivity index (χ2v) is 4.66. The Labute approximate surface area is 113 Å². The number of amides is 1. The minimum atomic E-state index is -0.128. The molecule has 100 valence electrons. The molecular weight excluding hydrogens is 238 g/mol. The van der Waals surface area contributed by atoms with Gasteiger partial charge in [-0.1, -0.05) is 37.3 Å². The molecule has 1 heterocycles. The maximum atomic E-state index is 12.4. The standard InChI is InChI=1S/C15H19N3O/c1-4-13(12-8-6-5-7-9-12)15(19)16-14-10-11(2)17-18(14)3/h5-10,13H,4H2,1-3H3,(H,16,19)/t13-/m1/s1. The maximum Gasteiger partial charge on any atom is 0.233 e. The molecular formula is C15H19N3O. The molecule has 4 nitrogen and oxygen atoms in total. The van der Waals surface area contributed by atoms with Crippen molar-refractivity contribution in [3.63, 3.8) is 0 Å². The number of rotatable bonds is 4. The molecule has 0 saturated carbocycles. The Balaban J connectivity index is 2.16. The summed E-state index contributed by atoms with van der Waals surface area (Å²) < 4.78 is 1.69. The van der Waals surface area contributed by atoms with E-state index in [4.69, 9.17) is 0 Å². The van der Waals surface area contributed by atoms with Gasteiger partial charge in [-0.05, 0) is 18.9 Å². The van der Waals surface area contributed by atoms with Gasteiger partial charge in [0.25, 0.3) is 0 Å². The van der Waals surface area contributed by atoms with Crippen molar-refractivity contribution < 1.29 is 4.79 Å². The molecule has 1 aromatic heterocycles. The molecule has 4 heteroatoms. The summed E-state index contributed by atoms with van der Waals surface area (Å²) in [6.07, 6.45) is 0.771. The van der Waals surface area contributed by atoms with E-state index in [1.165, 1.54) is 0 Å². The van der Waals surface area contributed by atoms with Gasteiger partial charge in [0.05, 0.1) is 11.6 Å². The van der Waals surface area contributed by atoms with Crippen LogP contribution in [0, 0.1) is 6.92 Å². The molecule has 0 spiro atoms. The summed E-state index contributed by atoms with van der Waals surface area (Å²) in [5.41, 5.74) is 1.94. The number of aryl methyl sites for hydroxylation is 2. The summed E-state index contributed by atoms with van der Waals surface area (Å²) >= 11 is 0. The SMILES string of the molecule is CC[C@@H](C(=O)Nc1cc(C)nn1C)c1ccccc1. The normalized spacial score (nSPS) is 12.2. The number of nitrogens with one attached hydrogen (secondary N) is 1. The fourth-order valence-electron chi connectivity index (χ4n) is 2.20. The van der Waals surface area contributed by atoms with Crippen molar-refractivity contribution in [3.8, 4) is 0 Å². The van der Waals surface area contributed by atoms with Crippen LogP contribution in [0.1, 0.15) is 30.5 Å². The number of hydrogen-bond acceptors (Lipinski definition) is 2. The summed E-state index contributed by atoms with van der Waals surface area (Å²) in [4.78, 5) is 12.4. The van der Waals surface area contributed by atoms with Crippen LogP contribution < -0.4 is 5.32 Å². The Morgan fingerprint density at radius 2 is 2.05 bits per heavy atom. The smallest absolute Gasteiger partial charge is 0.233 e. The zero-order valence-corrected chi connectivity index (χ0v) is 11.6. The summed E-state index contributed by atoms with van der Waals surface area (Å²) in [5.74, 6) is 0.616. The number of benzene rings is 1. The van der Waals surface area contributed by atoms with E-state index in [9.17, 15) is 4.79 Å². The number of carbonyl (C=O) groups is 1. The van der Waals surface area contributed by atoms with Crippen molar-refractivity contribution in [3.05, 3.63) is 47.7 Å². The lowest BCUT2D eigenvalue weighted by Gasteiger charge is -2.15. The summed E-state index contributed by atoms with van der Waals surface area (Å²) in [7, 11) is 1.83. The highest BCUT2D eigenvalue weighted by atomic mass is 16.2. The van der Waals surface area contributed by atoms with Gasteiger partial charge in [0.1, 0.15) is 5.82 Å². The Morgan fingerprint density at radius 1 is 1.37 bits per heavy atom. The zero-order valence-electron chi connectivity index (χ0n) is 11.6. The minimum absolute atomic E-state index is 0.0108. The predicted molar refractivity (Wildman–Crippen MR) is 76.0 cm³/mol. The highest BCUT2D eigenvalue weighted by Crippen LogP contribution is 2.21. The van der Waals surface area contributed by atoms with Crippen LogP contribution >= 0.6 is 0 Å². The van der Waals surface area contributed by atoms with Gasteiger partial charge in [0.15, 0.2) is 0 Å². The van der Waals surface area contributed by atoms with Gasteiger partial charge in [0, 0.05) is 13.1 Å². The predicted octanol–water partition coefficient (Wildman–Crippen LogP) is 2.86. The first kappa shape index (κ1) is 13.3. The summed E-state index contributed by atoms with van der Waals surface area (Å²) in [6.45, 7) is 3.93. The van der Waals surface area contributed by atoms with Gasteiger partial charge in [-0.25, -0.2) is 0 Å². The third-order valence-corrected chi connectivity index (χ3v) is 3.18. The van der Waals surface area contributed by atoms with Crippen LogP contribution in [0.25, 0.3) is 0 Å². The summed E-state index contributed by atoms with van der Waals surface area (Å²) in [6, 6.07) is 11.7. The van der Waals surface area contributed by atoms with Crippen LogP contribution in [0.5, 0.6) is 0 Å². The first-order valence-corrected chi connectivity index (χ1v) is 6.48. The van der Waals surface area contributed by atoms with Crippen LogP contribution in [-0.2, 0) is 11.8 Å². The second-order valence-electron chi connectivity index (χ2n) is 4.66. The van der Waals surface area contributed by atoms with Crippen molar-refractivity contribution in [2.24, 2.45) is 7.05 Å². The van der Waals surface area contributed by atoms with Gasteiger partial charge in [-0.3, -0.25) is 9.48 Å². The van der Waals surface area contributed by atoms with Crippen molar-refractivity contribution in [2.45, 2.75) is 26.2 Å². The third-order valence-electron chi connectivity index (χ3n) is 3.18. The topological polar surface area (TPSA) is 46.9 Å². The number of carbonyl (C=O) groups excluding carboxylic acids is 1. The maximum absolute atomic E-state index is 12.4. The highest BCUT2D eigenvalue weighted by molar-refractivity contribution is 5.95. The van der Waals surface area contributed by atoms with Crippen molar-refractivity contribution in [1.82, 2.24) is 9.78 Å². The minimum Gasteiger partial charge on any atom is -0.310 e. The molecule has 2 rings (SSSR count). The van der Waals surface area contributed by atoms with Gasteiger partial charge in [-0.2, -0.15) is 5.10 Å². The molecule has 0 aliphatic rings. The molecule has 1 aromatic carbocycles. The van der Waals surface area contributed by atoms with Crippen LogP contribution in [0.4, 0.5) is 5.82 Å². The first-order chi connectivity index (χ1) is 9.11. The molecule has 1 N–H and O–H groups in total. The van der Waals surface area contributed by atoms with Gasteiger partial charge in [-0.15, -0.1) is 0 Å². The van der Waals surface area contributed by atoms with E-state index < -0.39 is 0 Å². The monoisotopic (exact) mass is 257 g/mol. The Kier molecular flexibility index (Phi) is 4.00. The molecule has 19 heavy (non-hydrogen) atoms. The quantitative estimate of drug-likeness (QED) is 0.915. The second kappa shape index (κ2) is 5.69. The molecule has 1 amide bonds. The van der Waals surface area contributed by atoms with E-state index in [1.807, 2.05) is 57.3 Å². The molecule has 0 radical (unpaired) electrons. The lowest BCUT2D eigenvalue weighted by atomic mass is 9.96. The summed E-state index contributed by atoms with van der Waals surface area (Å²) in [5, 5.41) is 7.17. The molecule has 0 unspecified atom stereocenters. The molecule has 0 fully saturated rings. The van der Waals surface area contributed by atoms with Crippen LogP contribution in [0.15, 0.2) is 36.4 Å². The van der Waals surface area contributed by atoms with E-state index >= 15 is 0 Å². The highest BCUT2D eigenvalue weighted by Gasteiger charge is 2.19. The average molecular weight is 257 g/mol. The van der Waals surface area contributed by atoms with Crippen molar-refractivity contribution >= 4 is 11.7 Å². The van der Waals surface area contributed by atoms with Gasteiger partial charge < -0.3 is 5.32 Å². The van der Waals surface area contributed by atoms with E-state index in [2.05, 4.69) is 10.4 Å². The van der Waals surface area contributed by atoms with Crippen LogP contribution in [0.3, 0.4) is 0 Å². The number of hydrogen-bond donors (Lipinski definition) is 1. The number of anilines is 1. The third kappa shape index (κ3) is 3.02. The van der Waals surface area contributed by atoms with Crippen LogP contribution in [-0.4, -0.2) is 15.7 Å². The lowest BCUT2D eigenvalue weighted by molar-refractivity contribution is -0.117. The Bertz CT molecular complexity index is 560. The van der Waals surface area contributed by atoms with Crippen molar-refractivity contribution in [1.29, 1.82) is 0 Å². The number of aromatic nitrogens is 2. The lowest BCUT2D eigenvalue weighted by Crippen LogP contribution is -2.22. The van der Waals surface area contributed by atoms with E-state index in [0.29, 0.717) is 0 Å². The van der Waals surface area contributed by atoms with Gasteiger partial charge in [0.2, 0.25) is 5.91 Å². The fourth-order valence-corrected chi connectivity index (χ4v) is 2.20. The molecule has 0 aliphatic heterocycles.